The molecule has 0 saturated heterocycles. The van der Waals surface area contributed by atoms with E-state index >= 15 is 0 Å². The van der Waals surface area contributed by atoms with E-state index in [-0.39, 0.29) is 25.2 Å². The van der Waals surface area contributed by atoms with Crippen molar-refractivity contribution in [1.29, 1.82) is 0 Å². The van der Waals surface area contributed by atoms with Gasteiger partial charge in [-0.15, -0.1) is 0 Å². The first kappa shape index (κ1) is 14.7. The Balaban J connectivity index is 4.52. The molecule has 6 heteroatoms. The van der Waals surface area contributed by atoms with Crippen molar-refractivity contribution in [1.82, 2.24) is 9.80 Å². The van der Waals surface area contributed by atoms with Crippen molar-refractivity contribution >= 4 is 12.0 Å². The first-order valence-corrected chi connectivity index (χ1v) is 5.28. The maximum Gasteiger partial charge on any atom is 0.323 e. The molecule has 0 aromatic heterocycles. The zero-order valence-electron chi connectivity index (χ0n) is 10.0. The zero-order valence-corrected chi connectivity index (χ0v) is 10.0. The van der Waals surface area contributed by atoms with Gasteiger partial charge in [-0.2, -0.15) is 0 Å². The number of hydrogen-bond donors (Lipinski definition) is 2. The summed E-state index contributed by atoms with van der Waals surface area (Å²) in [4.78, 5) is 25.0. The molecule has 0 aliphatic heterocycles. The largest absolute Gasteiger partial charge is 0.480 e. The van der Waals surface area contributed by atoms with E-state index in [0.29, 0.717) is 13.0 Å². The van der Waals surface area contributed by atoms with Crippen LogP contribution < -0.4 is 0 Å². The summed E-state index contributed by atoms with van der Waals surface area (Å²) in [5, 5.41) is 17.6. The highest BCUT2D eigenvalue weighted by atomic mass is 16.4. The van der Waals surface area contributed by atoms with Crippen molar-refractivity contribution in [3.05, 3.63) is 0 Å². The molecule has 0 radical (unpaired) electrons. The van der Waals surface area contributed by atoms with Crippen LogP contribution in [-0.2, 0) is 4.79 Å². The molecule has 0 aliphatic rings. The van der Waals surface area contributed by atoms with Crippen LogP contribution in [0.5, 0.6) is 0 Å². The van der Waals surface area contributed by atoms with Crippen LogP contribution in [0.2, 0.25) is 0 Å². The minimum atomic E-state index is -1.04. The normalized spacial score (nSPS) is 12.0. The Hall–Kier alpha value is -1.30. The van der Waals surface area contributed by atoms with E-state index in [0.717, 1.165) is 0 Å². The lowest BCUT2D eigenvalue weighted by Gasteiger charge is -2.30. The molecule has 0 aliphatic carbocycles. The molecular weight excluding hydrogens is 212 g/mol. The summed E-state index contributed by atoms with van der Waals surface area (Å²) in [6.45, 7) is 3.51. The van der Waals surface area contributed by atoms with Gasteiger partial charge < -0.3 is 20.0 Å². The van der Waals surface area contributed by atoms with Gasteiger partial charge in [0.15, 0.2) is 0 Å². The lowest BCUT2D eigenvalue weighted by Crippen LogP contribution is -2.48. The predicted molar refractivity (Wildman–Crippen MR) is 59.2 cm³/mol. The summed E-state index contributed by atoms with van der Waals surface area (Å²) in [5.74, 6) is -1.04. The zero-order chi connectivity index (χ0) is 12.7. The number of amides is 2. The number of carboxylic acids is 1. The smallest absolute Gasteiger partial charge is 0.323 e. The summed E-state index contributed by atoms with van der Waals surface area (Å²) in [7, 11) is 1.55. The Morgan fingerprint density at radius 2 is 1.94 bits per heavy atom. The number of carbonyl (C=O) groups is 2. The van der Waals surface area contributed by atoms with Gasteiger partial charge in [-0.1, -0.05) is 6.92 Å². The molecule has 0 bridgehead atoms. The number of hydrogen-bond acceptors (Lipinski definition) is 3. The molecule has 1 atom stereocenters. The Bertz CT molecular complexity index is 245. The molecular formula is C10H20N2O4. The van der Waals surface area contributed by atoms with Crippen molar-refractivity contribution < 1.29 is 19.8 Å². The molecule has 0 aromatic rings. The fourth-order valence-electron chi connectivity index (χ4n) is 1.21. The Kier molecular flexibility index (Phi) is 6.48. The second-order valence-electron chi connectivity index (χ2n) is 3.74. The summed E-state index contributed by atoms with van der Waals surface area (Å²) in [6, 6.07) is -0.688. The molecule has 16 heavy (non-hydrogen) atoms. The number of rotatable bonds is 6. The number of aliphatic carboxylic acids is 1. The number of aliphatic hydroxyl groups is 1. The third kappa shape index (κ3) is 4.48. The van der Waals surface area contributed by atoms with E-state index in [4.69, 9.17) is 10.2 Å². The Labute approximate surface area is 95.5 Å². The van der Waals surface area contributed by atoms with Gasteiger partial charge in [0.2, 0.25) is 0 Å². The molecule has 0 heterocycles. The molecule has 0 spiro atoms. The maximum absolute atomic E-state index is 11.8. The Morgan fingerprint density at radius 1 is 1.38 bits per heavy atom. The van der Waals surface area contributed by atoms with Crippen LogP contribution in [0.4, 0.5) is 4.79 Å². The summed E-state index contributed by atoms with van der Waals surface area (Å²) in [6.07, 6.45) is 0.695. The minimum absolute atomic E-state index is 0.144. The van der Waals surface area contributed by atoms with Gasteiger partial charge in [0.05, 0.1) is 12.6 Å². The molecule has 94 valence electrons. The molecule has 0 aromatic carbocycles. The number of urea groups is 1. The van der Waals surface area contributed by atoms with Gasteiger partial charge in [-0.25, -0.2) is 4.79 Å². The van der Waals surface area contributed by atoms with Crippen LogP contribution in [-0.4, -0.2) is 64.8 Å². The highest BCUT2D eigenvalue weighted by molar-refractivity contribution is 5.80. The first-order chi connectivity index (χ1) is 7.43. The van der Waals surface area contributed by atoms with Crippen molar-refractivity contribution in [2.45, 2.75) is 26.3 Å². The molecule has 0 rings (SSSR count). The van der Waals surface area contributed by atoms with Crippen molar-refractivity contribution in [3.8, 4) is 0 Å². The molecule has 1 unspecified atom stereocenters. The van der Waals surface area contributed by atoms with Gasteiger partial charge in [0, 0.05) is 13.6 Å². The standard InChI is InChI=1S/C10H20N2O4/c1-4-5-12(6-9(14)15)10(16)11(3)8(2)7-13/h8,13H,4-7H2,1-3H3,(H,14,15). The second kappa shape index (κ2) is 7.05. The molecule has 0 saturated carbocycles. The predicted octanol–water partition coefficient (Wildman–Crippen LogP) is 0.216. The molecule has 2 N–H and O–H groups in total. The third-order valence-electron chi connectivity index (χ3n) is 2.32. The van der Waals surface area contributed by atoms with Gasteiger partial charge in [-0.3, -0.25) is 4.79 Å². The topological polar surface area (TPSA) is 81.1 Å². The van der Waals surface area contributed by atoms with Crippen molar-refractivity contribution in [2.75, 3.05) is 26.7 Å². The van der Waals surface area contributed by atoms with E-state index in [1.807, 2.05) is 6.92 Å². The van der Waals surface area contributed by atoms with Gasteiger partial charge in [0.25, 0.3) is 0 Å². The second-order valence-corrected chi connectivity index (χ2v) is 3.74. The van der Waals surface area contributed by atoms with Crippen LogP contribution in [0.15, 0.2) is 0 Å². The average Bonchev–Trinajstić information content (AvgIpc) is 2.24. The highest BCUT2D eigenvalue weighted by Crippen LogP contribution is 2.03. The average molecular weight is 232 g/mol. The van der Waals surface area contributed by atoms with Gasteiger partial charge in [-0.05, 0) is 13.3 Å². The summed E-state index contributed by atoms with van der Waals surface area (Å²) >= 11 is 0. The Morgan fingerprint density at radius 3 is 2.31 bits per heavy atom. The van der Waals surface area contributed by atoms with E-state index < -0.39 is 5.97 Å². The van der Waals surface area contributed by atoms with Crippen LogP contribution in [0.25, 0.3) is 0 Å². The van der Waals surface area contributed by atoms with E-state index in [2.05, 4.69) is 0 Å². The van der Waals surface area contributed by atoms with Crippen LogP contribution in [0.1, 0.15) is 20.3 Å². The lowest BCUT2D eigenvalue weighted by molar-refractivity contribution is -0.137. The third-order valence-corrected chi connectivity index (χ3v) is 2.32. The minimum Gasteiger partial charge on any atom is -0.480 e. The molecule has 2 amide bonds. The number of nitrogens with zero attached hydrogens (tertiary/aromatic N) is 2. The van der Waals surface area contributed by atoms with Gasteiger partial charge in [0.1, 0.15) is 6.54 Å². The molecule has 0 fully saturated rings. The summed E-state index contributed by atoms with van der Waals surface area (Å²) < 4.78 is 0. The number of carboxylic acid groups (broad SMARTS) is 1. The van der Waals surface area contributed by atoms with Gasteiger partial charge >= 0.3 is 12.0 Å². The fraction of sp³-hybridized carbons (Fsp3) is 0.800. The lowest BCUT2D eigenvalue weighted by atomic mass is 10.3. The first-order valence-electron chi connectivity index (χ1n) is 5.28. The van der Waals surface area contributed by atoms with Crippen molar-refractivity contribution in [3.63, 3.8) is 0 Å². The van der Waals surface area contributed by atoms with Crippen LogP contribution >= 0.6 is 0 Å². The van der Waals surface area contributed by atoms with E-state index in [1.54, 1.807) is 14.0 Å². The summed E-state index contributed by atoms with van der Waals surface area (Å²) in [5.41, 5.74) is 0. The quantitative estimate of drug-likeness (QED) is 0.686. The number of carbonyl (C=O) groups excluding carboxylic acids is 1. The number of aliphatic hydroxyl groups excluding tert-OH is 1. The molecule has 6 nitrogen and oxygen atoms in total. The fourth-order valence-corrected chi connectivity index (χ4v) is 1.21. The monoisotopic (exact) mass is 232 g/mol. The van der Waals surface area contributed by atoms with Crippen molar-refractivity contribution in [2.24, 2.45) is 0 Å². The SMILES string of the molecule is CCCN(CC(=O)O)C(=O)N(C)C(C)CO. The van der Waals surface area contributed by atoms with E-state index in [1.165, 1.54) is 9.80 Å². The highest BCUT2D eigenvalue weighted by Gasteiger charge is 2.22. The maximum atomic E-state index is 11.8. The van der Waals surface area contributed by atoms with Crippen LogP contribution in [0, 0.1) is 0 Å². The number of likely N-dealkylation sites (N-methyl/N-ethyl adjacent to an activating group) is 1. The van der Waals surface area contributed by atoms with E-state index in [9.17, 15) is 9.59 Å². The van der Waals surface area contributed by atoms with Crippen LogP contribution in [0.3, 0.4) is 0 Å².